The first kappa shape index (κ1) is 13.6. The minimum absolute atomic E-state index is 0.805. The molecule has 1 aromatic heterocycles. The highest BCUT2D eigenvalue weighted by Gasteiger charge is 2.07. The van der Waals surface area contributed by atoms with E-state index in [1.54, 1.807) is 7.11 Å². The van der Waals surface area contributed by atoms with Gasteiger partial charge in [0.2, 0.25) is 0 Å². The normalized spacial score (nSPS) is 10.7. The predicted octanol–water partition coefficient (Wildman–Crippen LogP) is 2.22. The van der Waals surface area contributed by atoms with Crippen LogP contribution >= 0.6 is 0 Å². The first-order valence-corrected chi connectivity index (χ1v) is 6.58. The van der Waals surface area contributed by atoms with E-state index < -0.39 is 0 Å². The van der Waals surface area contributed by atoms with Crippen LogP contribution in [0.25, 0.3) is 0 Å². The van der Waals surface area contributed by atoms with Crippen LogP contribution in [0.5, 0.6) is 5.75 Å². The molecule has 0 amide bonds. The van der Waals surface area contributed by atoms with Crippen molar-refractivity contribution in [2.24, 2.45) is 0 Å². The molecule has 0 aliphatic rings. The Labute approximate surface area is 114 Å². The van der Waals surface area contributed by atoms with Crippen LogP contribution in [0.15, 0.2) is 30.6 Å². The van der Waals surface area contributed by atoms with Gasteiger partial charge in [0.15, 0.2) is 0 Å². The molecule has 0 unspecified atom stereocenters. The van der Waals surface area contributed by atoms with Crippen LogP contribution in [0, 0.1) is 0 Å². The van der Waals surface area contributed by atoms with Gasteiger partial charge in [0.25, 0.3) is 0 Å². The third-order valence-corrected chi connectivity index (χ3v) is 3.22. The Balaban J connectivity index is 2.23. The Hall–Kier alpha value is -1.81. The molecule has 19 heavy (non-hydrogen) atoms. The smallest absolute Gasteiger partial charge is 0.123 e. The standard InChI is InChI=1S/C15H21N3O/c1-4-18-8-7-17-15(18)10-12-5-6-14(19-3)13(9-12)11-16-2/h5-9,16H,4,10-11H2,1-3H3. The van der Waals surface area contributed by atoms with Gasteiger partial charge in [-0.2, -0.15) is 0 Å². The van der Waals surface area contributed by atoms with Gasteiger partial charge in [0.05, 0.1) is 7.11 Å². The number of nitrogens with zero attached hydrogens (tertiary/aromatic N) is 2. The maximum atomic E-state index is 5.37. The van der Waals surface area contributed by atoms with Crippen molar-refractivity contribution in [1.82, 2.24) is 14.9 Å². The van der Waals surface area contributed by atoms with E-state index in [1.165, 1.54) is 11.1 Å². The van der Waals surface area contributed by atoms with E-state index in [0.29, 0.717) is 0 Å². The molecule has 1 N–H and O–H groups in total. The second kappa shape index (κ2) is 6.38. The number of methoxy groups -OCH3 is 1. The van der Waals surface area contributed by atoms with Crippen molar-refractivity contribution in [1.29, 1.82) is 0 Å². The number of rotatable bonds is 6. The van der Waals surface area contributed by atoms with Gasteiger partial charge < -0.3 is 14.6 Å². The third-order valence-electron chi connectivity index (χ3n) is 3.22. The number of imidazole rings is 1. The predicted molar refractivity (Wildman–Crippen MR) is 76.5 cm³/mol. The Morgan fingerprint density at radius 2 is 2.21 bits per heavy atom. The van der Waals surface area contributed by atoms with Crippen LogP contribution in [0.4, 0.5) is 0 Å². The highest BCUT2D eigenvalue weighted by molar-refractivity contribution is 5.38. The van der Waals surface area contributed by atoms with E-state index in [2.05, 4.69) is 33.9 Å². The SMILES string of the molecule is CCn1ccnc1Cc1ccc(OC)c(CNC)c1. The fourth-order valence-corrected chi connectivity index (χ4v) is 2.25. The zero-order valence-corrected chi connectivity index (χ0v) is 11.8. The highest BCUT2D eigenvalue weighted by Crippen LogP contribution is 2.21. The number of benzene rings is 1. The average molecular weight is 259 g/mol. The van der Waals surface area contributed by atoms with Crippen LogP contribution in [0.3, 0.4) is 0 Å². The van der Waals surface area contributed by atoms with Crippen molar-refractivity contribution in [3.8, 4) is 5.75 Å². The topological polar surface area (TPSA) is 39.1 Å². The molecule has 1 aromatic carbocycles. The number of ether oxygens (including phenoxy) is 1. The van der Waals surface area contributed by atoms with E-state index in [4.69, 9.17) is 4.74 Å². The molecular weight excluding hydrogens is 238 g/mol. The summed E-state index contributed by atoms with van der Waals surface area (Å²) in [5.41, 5.74) is 2.43. The first-order chi connectivity index (χ1) is 9.28. The van der Waals surface area contributed by atoms with Gasteiger partial charge in [-0.3, -0.25) is 0 Å². The molecule has 0 saturated heterocycles. The Bertz CT molecular complexity index is 534. The molecule has 4 nitrogen and oxygen atoms in total. The van der Waals surface area contributed by atoms with Gasteiger partial charge in [0, 0.05) is 37.5 Å². The summed E-state index contributed by atoms with van der Waals surface area (Å²) in [4.78, 5) is 4.42. The molecule has 0 saturated carbocycles. The van der Waals surface area contributed by atoms with Gasteiger partial charge in [-0.05, 0) is 25.6 Å². The monoisotopic (exact) mass is 259 g/mol. The number of hydrogen-bond donors (Lipinski definition) is 1. The minimum atomic E-state index is 0.805. The lowest BCUT2D eigenvalue weighted by atomic mass is 10.1. The molecule has 0 bridgehead atoms. The second-order valence-corrected chi connectivity index (χ2v) is 4.48. The molecule has 2 rings (SSSR count). The van der Waals surface area contributed by atoms with E-state index in [9.17, 15) is 0 Å². The summed E-state index contributed by atoms with van der Waals surface area (Å²) in [5.74, 6) is 2.03. The lowest BCUT2D eigenvalue weighted by Crippen LogP contribution is -2.08. The molecule has 1 heterocycles. The molecule has 0 spiro atoms. The van der Waals surface area contributed by atoms with E-state index in [0.717, 1.165) is 31.1 Å². The van der Waals surface area contributed by atoms with Crippen LogP contribution < -0.4 is 10.1 Å². The fourth-order valence-electron chi connectivity index (χ4n) is 2.25. The Kier molecular flexibility index (Phi) is 4.58. The fraction of sp³-hybridized carbons (Fsp3) is 0.400. The van der Waals surface area contributed by atoms with E-state index >= 15 is 0 Å². The van der Waals surface area contributed by atoms with E-state index in [1.807, 2.05) is 25.5 Å². The summed E-state index contributed by atoms with van der Waals surface area (Å²) in [6, 6.07) is 6.32. The molecule has 102 valence electrons. The molecule has 0 aliphatic carbocycles. The lowest BCUT2D eigenvalue weighted by Gasteiger charge is -2.11. The maximum absolute atomic E-state index is 5.37. The van der Waals surface area contributed by atoms with Crippen molar-refractivity contribution in [3.63, 3.8) is 0 Å². The summed E-state index contributed by atoms with van der Waals surface area (Å²) in [6.45, 7) is 3.89. The number of nitrogens with one attached hydrogen (secondary N) is 1. The zero-order chi connectivity index (χ0) is 13.7. The summed E-state index contributed by atoms with van der Waals surface area (Å²) in [6.07, 6.45) is 4.73. The first-order valence-electron chi connectivity index (χ1n) is 6.58. The van der Waals surface area contributed by atoms with Crippen molar-refractivity contribution in [3.05, 3.63) is 47.5 Å². The summed E-state index contributed by atoms with van der Waals surface area (Å²) < 4.78 is 7.54. The Morgan fingerprint density at radius 1 is 1.37 bits per heavy atom. The zero-order valence-electron chi connectivity index (χ0n) is 11.8. The molecule has 0 atom stereocenters. The summed E-state index contributed by atoms with van der Waals surface area (Å²) in [5, 5.41) is 3.17. The van der Waals surface area contributed by atoms with Gasteiger partial charge in [0.1, 0.15) is 11.6 Å². The van der Waals surface area contributed by atoms with Gasteiger partial charge >= 0.3 is 0 Å². The molecular formula is C15H21N3O. The molecule has 0 radical (unpaired) electrons. The summed E-state index contributed by atoms with van der Waals surface area (Å²) >= 11 is 0. The van der Waals surface area contributed by atoms with Crippen LogP contribution in [-0.4, -0.2) is 23.7 Å². The van der Waals surface area contributed by atoms with Crippen molar-refractivity contribution < 1.29 is 4.74 Å². The van der Waals surface area contributed by atoms with Gasteiger partial charge in [-0.25, -0.2) is 4.98 Å². The number of aryl methyl sites for hydroxylation is 1. The Morgan fingerprint density at radius 3 is 2.89 bits per heavy atom. The van der Waals surface area contributed by atoms with Gasteiger partial charge in [-0.15, -0.1) is 0 Å². The second-order valence-electron chi connectivity index (χ2n) is 4.48. The molecule has 0 aliphatic heterocycles. The maximum Gasteiger partial charge on any atom is 0.123 e. The number of aromatic nitrogens is 2. The van der Waals surface area contributed by atoms with Crippen molar-refractivity contribution in [2.75, 3.05) is 14.2 Å². The van der Waals surface area contributed by atoms with Gasteiger partial charge in [-0.1, -0.05) is 12.1 Å². The quantitative estimate of drug-likeness (QED) is 0.864. The third kappa shape index (κ3) is 3.15. The molecule has 4 heteroatoms. The van der Waals surface area contributed by atoms with Crippen molar-refractivity contribution in [2.45, 2.75) is 26.4 Å². The van der Waals surface area contributed by atoms with Crippen molar-refractivity contribution >= 4 is 0 Å². The van der Waals surface area contributed by atoms with E-state index in [-0.39, 0.29) is 0 Å². The average Bonchev–Trinajstić information content (AvgIpc) is 2.87. The molecule has 2 aromatic rings. The molecule has 0 fully saturated rings. The van der Waals surface area contributed by atoms with Crippen LogP contribution in [0.2, 0.25) is 0 Å². The largest absolute Gasteiger partial charge is 0.496 e. The van der Waals surface area contributed by atoms with Crippen LogP contribution in [-0.2, 0) is 19.5 Å². The minimum Gasteiger partial charge on any atom is -0.496 e. The number of hydrogen-bond acceptors (Lipinski definition) is 3. The highest BCUT2D eigenvalue weighted by atomic mass is 16.5. The lowest BCUT2D eigenvalue weighted by molar-refractivity contribution is 0.408. The summed E-state index contributed by atoms with van der Waals surface area (Å²) in [7, 11) is 3.65. The van der Waals surface area contributed by atoms with Crippen LogP contribution in [0.1, 0.15) is 23.9 Å².